The Bertz CT molecular complexity index is 802. The molecule has 0 saturated carbocycles. The maximum absolute atomic E-state index is 12.1. The van der Waals surface area contributed by atoms with Gasteiger partial charge in [-0.2, -0.15) is 0 Å². The minimum atomic E-state index is -0.433. The van der Waals surface area contributed by atoms with Gasteiger partial charge in [-0.05, 0) is 43.3 Å². The number of esters is 2. The third-order valence-corrected chi connectivity index (χ3v) is 3.68. The van der Waals surface area contributed by atoms with Gasteiger partial charge in [-0.15, -0.1) is 0 Å². The van der Waals surface area contributed by atoms with Crippen LogP contribution in [-0.4, -0.2) is 38.1 Å². The van der Waals surface area contributed by atoms with Crippen LogP contribution >= 0.6 is 0 Å². The molecule has 0 saturated heterocycles. The number of hydrogen-bond donors (Lipinski definition) is 2. The average Bonchev–Trinajstić information content (AvgIpc) is 2.68. The Labute approximate surface area is 157 Å². The van der Waals surface area contributed by atoms with Gasteiger partial charge < -0.3 is 20.1 Å². The Morgan fingerprint density at radius 1 is 0.963 bits per heavy atom. The van der Waals surface area contributed by atoms with Gasteiger partial charge in [0.25, 0.3) is 0 Å². The fraction of sp³-hybridized carbons (Fsp3) is 0.250. The van der Waals surface area contributed by atoms with Crippen molar-refractivity contribution >= 4 is 29.2 Å². The molecule has 2 N–H and O–H groups in total. The number of amides is 1. The highest BCUT2D eigenvalue weighted by Gasteiger charge is 2.12. The van der Waals surface area contributed by atoms with Gasteiger partial charge in [0, 0.05) is 24.3 Å². The van der Waals surface area contributed by atoms with Crippen LogP contribution in [0.2, 0.25) is 0 Å². The van der Waals surface area contributed by atoms with Crippen molar-refractivity contribution in [2.75, 3.05) is 30.9 Å². The molecule has 0 aromatic heterocycles. The number of benzene rings is 2. The first-order valence-electron chi connectivity index (χ1n) is 8.53. The van der Waals surface area contributed by atoms with Crippen molar-refractivity contribution in [1.29, 1.82) is 0 Å². The van der Waals surface area contributed by atoms with Gasteiger partial charge in [-0.25, -0.2) is 9.59 Å². The van der Waals surface area contributed by atoms with E-state index in [9.17, 15) is 14.4 Å². The number of nitrogens with one attached hydrogen (secondary N) is 2. The molecular weight excluding hydrogens is 348 g/mol. The second-order valence-electron chi connectivity index (χ2n) is 5.56. The lowest BCUT2D eigenvalue weighted by Crippen LogP contribution is -2.17. The lowest BCUT2D eigenvalue weighted by molar-refractivity contribution is -0.115. The normalized spacial score (nSPS) is 10.0. The molecule has 0 aliphatic heterocycles. The molecule has 0 aliphatic carbocycles. The van der Waals surface area contributed by atoms with Gasteiger partial charge >= 0.3 is 11.9 Å². The molecule has 142 valence electrons. The molecular formula is C20H22N2O5. The molecule has 7 nitrogen and oxygen atoms in total. The lowest BCUT2D eigenvalue weighted by Gasteiger charge is -2.11. The molecule has 2 aromatic rings. The van der Waals surface area contributed by atoms with Crippen LogP contribution in [0.4, 0.5) is 11.4 Å². The van der Waals surface area contributed by atoms with E-state index in [0.717, 1.165) is 0 Å². The summed E-state index contributed by atoms with van der Waals surface area (Å²) in [4.78, 5) is 35.4. The molecule has 2 aromatic carbocycles. The molecule has 0 bridgehead atoms. The van der Waals surface area contributed by atoms with Crippen LogP contribution in [0.1, 0.15) is 34.1 Å². The summed E-state index contributed by atoms with van der Waals surface area (Å²) < 4.78 is 9.65. The maximum atomic E-state index is 12.1. The minimum Gasteiger partial charge on any atom is -0.465 e. The number of rotatable bonds is 8. The summed E-state index contributed by atoms with van der Waals surface area (Å²) >= 11 is 0. The van der Waals surface area contributed by atoms with E-state index in [1.54, 1.807) is 55.5 Å². The average molecular weight is 370 g/mol. The van der Waals surface area contributed by atoms with Crippen LogP contribution < -0.4 is 10.6 Å². The highest BCUT2D eigenvalue weighted by Crippen LogP contribution is 2.16. The summed E-state index contributed by atoms with van der Waals surface area (Å²) in [5.74, 6) is -1.03. The van der Waals surface area contributed by atoms with Crippen molar-refractivity contribution in [3.63, 3.8) is 0 Å². The van der Waals surface area contributed by atoms with Gasteiger partial charge in [0.05, 0.1) is 24.8 Å². The van der Waals surface area contributed by atoms with Gasteiger partial charge in [0.2, 0.25) is 5.91 Å². The zero-order chi connectivity index (χ0) is 19.6. The lowest BCUT2D eigenvalue weighted by atomic mass is 10.1. The van der Waals surface area contributed by atoms with E-state index < -0.39 is 11.9 Å². The second kappa shape index (κ2) is 9.96. The fourth-order valence-corrected chi connectivity index (χ4v) is 2.37. The summed E-state index contributed by atoms with van der Waals surface area (Å²) in [5.41, 5.74) is 2.04. The van der Waals surface area contributed by atoms with Crippen LogP contribution in [0.3, 0.4) is 0 Å². The summed E-state index contributed by atoms with van der Waals surface area (Å²) in [5, 5.41) is 5.83. The van der Waals surface area contributed by atoms with E-state index >= 15 is 0 Å². The van der Waals surface area contributed by atoms with E-state index in [4.69, 9.17) is 4.74 Å². The highest BCUT2D eigenvalue weighted by molar-refractivity contribution is 5.96. The van der Waals surface area contributed by atoms with E-state index in [2.05, 4.69) is 15.4 Å². The van der Waals surface area contributed by atoms with E-state index in [1.807, 2.05) is 0 Å². The monoisotopic (exact) mass is 370 g/mol. The third kappa shape index (κ3) is 5.85. The van der Waals surface area contributed by atoms with Crippen molar-refractivity contribution in [3.8, 4) is 0 Å². The molecule has 0 aliphatic rings. The minimum absolute atomic E-state index is 0.193. The van der Waals surface area contributed by atoms with Gasteiger partial charge in [0.1, 0.15) is 0 Å². The number of methoxy groups -OCH3 is 1. The molecule has 7 heteroatoms. The van der Waals surface area contributed by atoms with Crippen molar-refractivity contribution < 1.29 is 23.9 Å². The van der Waals surface area contributed by atoms with Crippen molar-refractivity contribution in [2.45, 2.75) is 13.3 Å². The molecule has 0 fully saturated rings. The first-order valence-corrected chi connectivity index (χ1v) is 8.53. The van der Waals surface area contributed by atoms with Gasteiger partial charge in [0.15, 0.2) is 0 Å². The summed E-state index contributed by atoms with van der Waals surface area (Å²) in [6.07, 6.45) is 0.204. The Morgan fingerprint density at radius 2 is 1.67 bits per heavy atom. The SMILES string of the molecule is CCOC(=O)c1ccccc1NCCC(=O)Nc1ccc(C(=O)OC)cc1. The molecule has 1 amide bonds. The number of carbonyl (C=O) groups excluding carboxylic acids is 3. The molecule has 27 heavy (non-hydrogen) atoms. The molecule has 0 radical (unpaired) electrons. The van der Waals surface area contributed by atoms with Crippen molar-refractivity contribution in [1.82, 2.24) is 0 Å². The molecule has 2 rings (SSSR count). The van der Waals surface area contributed by atoms with Crippen LogP contribution in [0.15, 0.2) is 48.5 Å². The molecule has 0 unspecified atom stereocenters. The van der Waals surface area contributed by atoms with Gasteiger partial charge in [-0.1, -0.05) is 12.1 Å². The van der Waals surface area contributed by atoms with Crippen LogP contribution in [-0.2, 0) is 14.3 Å². The number of anilines is 2. The van der Waals surface area contributed by atoms with Crippen molar-refractivity contribution in [2.24, 2.45) is 0 Å². The maximum Gasteiger partial charge on any atom is 0.340 e. The smallest absolute Gasteiger partial charge is 0.340 e. The topological polar surface area (TPSA) is 93.7 Å². The summed E-state index contributed by atoms with van der Waals surface area (Å²) in [6.45, 7) is 2.39. The van der Waals surface area contributed by atoms with Crippen LogP contribution in [0.25, 0.3) is 0 Å². The summed E-state index contributed by atoms with van der Waals surface area (Å²) in [7, 11) is 1.31. The molecule has 0 atom stereocenters. The number of hydrogen-bond acceptors (Lipinski definition) is 6. The fourth-order valence-electron chi connectivity index (χ4n) is 2.37. The first kappa shape index (κ1) is 20.0. The zero-order valence-corrected chi connectivity index (χ0v) is 15.3. The van der Waals surface area contributed by atoms with E-state index in [0.29, 0.717) is 35.7 Å². The van der Waals surface area contributed by atoms with Crippen LogP contribution in [0, 0.1) is 0 Å². The second-order valence-corrected chi connectivity index (χ2v) is 5.56. The standard InChI is InChI=1S/C20H22N2O5/c1-3-27-20(25)16-6-4-5-7-17(16)21-13-12-18(23)22-15-10-8-14(9-11-15)19(24)26-2/h4-11,21H,3,12-13H2,1-2H3,(H,22,23). The van der Waals surface area contributed by atoms with Crippen molar-refractivity contribution in [3.05, 3.63) is 59.7 Å². The largest absolute Gasteiger partial charge is 0.465 e. The third-order valence-electron chi connectivity index (χ3n) is 3.68. The first-order chi connectivity index (χ1) is 13.0. The van der Waals surface area contributed by atoms with Gasteiger partial charge in [-0.3, -0.25) is 4.79 Å². The summed E-state index contributed by atoms with van der Waals surface area (Å²) in [6, 6.07) is 13.4. The predicted octanol–water partition coefficient (Wildman–Crippen LogP) is 3.09. The highest BCUT2D eigenvalue weighted by atomic mass is 16.5. The number of para-hydroxylation sites is 1. The molecule has 0 heterocycles. The van der Waals surface area contributed by atoms with E-state index in [-0.39, 0.29) is 12.3 Å². The number of carbonyl (C=O) groups is 3. The Balaban J connectivity index is 1.86. The Kier molecular flexibility index (Phi) is 7.37. The molecule has 0 spiro atoms. The zero-order valence-electron chi connectivity index (χ0n) is 15.3. The Hall–Kier alpha value is -3.35. The quantitative estimate of drug-likeness (QED) is 0.694. The number of ether oxygens (including phenoxy) is 2. The Morgan fingerprint density at radius 3 is 2.33 bits per heavy atom. The van der Waals surface area contributed by atoms with Crippen LogP contribution in [0.5, 0.6) is 0 Å². The predicted molar refractivity (Wildman–Crippen MR) is 102 cm³/mol. The van der Waals surface area contributed by atoms with E-state index in [1.165, 1.54) is 7.11 Å².